The number of carbonyl (C=O) groups excluding carboxylic acids is 1. The number of guanidine groups is 1. The Morgan fingerprint density at radius 1 is 1.00 bits per heavy atom. The van der Waals surface area contributed by atoms with E-state index in [1.807, 2.05) is 30.3 Å². The number of anilines is 1. The molecule has 2 heterocycles. The first-order valence-electron chi connectivity index (χ1n) is 14.3. The number of likely N-dealkylation sites (tertiary alicyclic amines) is 1. The molecule has 0 atom stereocenters. The number of nitrogens with zero attached hydrogens (tertiary/aromatic N) is 3. The van der Waals surface area contributed by atoms with Gasteiger partial charge in [0.15, 0.2) is 9.84 Å². The minimum atomic E-state index is -3.62. The molecule has 2 N–H and O–H groups in total. The summed E-state index contributed by atoms with van der Waals surface area (Å²) in [6.45, 7) is 2.82. The Balaban J connectivity index is 1.44. The van der Waals surface area contributed by atoms with E-state index in [4.69, 9.17) is 19.7 Å². The van der Waals surface area contributed by atoms with E-state index in [-0.39, 0.29) is 23.2 Å². The van der Waals surface area contributed by atoms with Crippen molar-refractivity contribution in [1.82, 2.24) is 4.90 Å². The number of nitrogens with two attached hydrogens (primary N) is 1. The van der Waals surface area contributed by atoms with Crippen LogP contribution in [0.4, 0.5) is 5.69 Å². The Morgan fingerprint density at radius 2 is 1.74 bits per heavy atom. The Hall–Kier alpha value is -4.35. The number of fused-ring (bicyclic) bond motifs is 1. The number of furan rings is 1. The number of para-hydroxylation sites is 1. The maximum atomic E-state index is 13.4. The van der Waals surface area contributed by atoms with E-state index in [0.29, 0.717) is 34.8 Å². The monoisotopic (exact) mass is 604 g/mol. The lowest BCUT2D eigenvalue weighted by molar-refractivity contribution is 0.0514. The lowest BCUT2D eigenvalue weighted by Crippen LogP contribution is -2.37. The van der Waals surface area contributed by atoms with Gasteiger partial charge in [0.1, 0.15) is 17.1 Å². The summed E-state index contributed by atoms with van der Waals surface area (Å²) in [6, 6.07) is 22.4. The number of hydrogen-bond acceptors (Lipinski definition) is 8. The maximum Gasteiger partial charge on any atom is 0.365 e. The van der Waals surface area contributed by atoms with E-state index in [1.165, 1.54) is 30.6 Å². The molecule has 0 amide bonds. The van der Waals surface area contributed by atoms with E-state index in [2.05, 4.69) is 10.1 Å². The molecule has 0 spiro atoms. The quantitative estimate of drug-likeness (QED) is 0.107. The second kappa shape index (κ2) is 13.7. The molecule has 1 saturated heterocycles. The highest BCUT2D eigenvalue weighted by Crippen LogP contribution is 2.33. The average Bonchev–Trinajstić information content (AvgIpc) is 3.45. The number of methoxy groups -OCH3 is 1. The number of carbonyl (C=O) groups is 1. The molecule has 0 radical (unpaired) electrons. The van der Waals surface area contributed by atoms with Crippen molar-refractivity contribution < 1.29 is 27.2 Å². The molecule has 1 aromatic heterocycles. The number of hydrogen-bond donors (Lipinski definition) is 1. The Labute approximate surface area is 251 Å². The van der Waals surface area contributed by atoms with Crippen molar-refractivity contribution in [1.29, 1.82) is 0 Å². The lowest BCUT2D eigenvalue weighted by Gasteiger charge is -2.26. The summed E-state index contributed by atoms with van der Waals surface area (Å²) in [6.07, 6.45) is 4.07. The van der Waals surface area contributed by atoms with Crippen molar-refractivity contribution in [2.75, 3.05) is 37.4 Å². The number of oxime groups is 1. The Kier molecular flexibility index (Phi) is 9.63. The van der Waals surface area contributed by atoms with Crippen molar-refractivity contribution in [3.63, 3.8) is 0 Å². The second-order valence-electron chi connectivity index (χ2n) is 10.4. The molecule has 1 aliphatic rings. The van der Waals surface area contributed by atoms with Gasteiger partial charge in [0.25, 0.3) is 0 Å². The number of ether oxygens (including phenoxy) is 1. The van der Waals surface area contributed by atoms with Crippen LogP contribution in [0, 0.1) is 0 Å². The van der Waals surface area contributed by atoms with Crippen LogP contribution in [0.15, 0.2) is 93.3 Å². The van der Waals surface area contributed by atoms with Gasteiger partial charge < -0.3 is 24.6 Å². The van der Waals surface area contributed by atoms with Crippen molar-refractivity contribution in [3.05, 3.63) is 90.2 Å². The van der Waals surface area contributed by atoms with Gasteiger partial charge in [0.2, 0.25) is 5.96 Å². The molecule has 4 aromatic rings. The highest BCUT2D eigenvalue weighted by molar-refractivity contribution is 7.91. The molecule has 5 rings (SSSR count). The molecule has 11 heteroatoms. The largest absolute Gasteiger partial charge is 0.495 e. The zero-order valence-electron chi connectivity index (χ0n) is 24.1. The summed E-state index contributed by atoms with van der Waals surface area (Å²) in [5.41, 5.74) is 7.73. The molecule has 0 saturated carbocycles. The molecule has 1 aliphatic heterocycles. The van der Waals surface area contributed by atoms with Gasteiger partial charge in [0, 0.05) is 5.39 Å². The SMILES string of the molecule is COc1ccc(S(=O)(=O)CCCN2CCCCC2)cc1N(Cc1cc2ccccc2o1)/C(N)=N/OC(=O)c1ccccc1. The van der Waals surface area contributed by atoms with E-state index in [0.717, 1.165) is 37.9 Å². The minimum Gasteiger partial charge on any atom is -0.495 e. The van der Waals surface area contributed by atoms with Gasteiger partial charge in [-0.2, -0.15) is 0 Å². The van der Waals surface area contributed by atoms with Gasteiger partial charge in [-0.05, 0) is 86.5 Å². The lowest BCUT2D eigenvalue weighted by atomic mass is 10.1. The van der Waals surface area contributed by atoms with Crippen LogP contribution in [0.3, 0.4) is 0 Å². The normalized spacial score (nSPS) is 14.5. The van der Waals surface area contributed by atoms with Gasteiger partial charge in [-0.25, -0.2) is 13.2 Å². The van der Waals surface area contributed by atoms with E-state index in [1.54, 1.807) is 36.4 Å². The standard InChI is InChI=1S/C32H36N4O6S/c1-40-30-16-15-27(43(38,39)20-10-19-35-17-8-3-9-18-35)22-28(30)36(23-26-21-25-13-6-7-14-29(25)41-26)32(33)34-42-31(37)24-11-4-2-5-12-24/h2,4-7,11-16,21-22H,3,8-10,17-20,23H2,1H3,(H2,33,34). The van der Waals surface area contributed by atoms with Crippen LogP contribution in [-0.2, 0) is 21.2 Å². The summed E-state index contributed by atoms with van der Waals surface area (Å²) in [5.74, 6) is 0.0188. The fraction of sp³-hybridized carbons (Fsp3) is 0.312. The summed E-state index contributed by atoms with van der Waals surface area (Å²) in [4.78, 5) is 21.7. The van der Waals surface area contributed by atoms with Crippen LogP contribution >= 0.6 is 0 Å². The van der Waals surface area contributed by atoms with E-state index in [9.17, 15) is 13.2 Å². The Morgan fingerprint density at radius 3 is 2.49 bits per heavy atom. The first kappa shape index (κ1) is 30.1. The van der Waals surface area contributed by atoms with Crippen molar-refractivity contribution in [2.24, 2.45) is 10.9 Å². The summed E-state index contributed by atoms with van der Waals surface area (Å²) < 4.78 is 38.5. The fourth-order valence-electron chi connectivity index (χ4n) is 5.18. The van der Waals surface area contributed by atoms with Crippen LogP contribution in [0.2, 0.25) is 0 Å². The molecule has 0 aliphatic carbocycles. The smallest absolute Gasteiger partial charge is 0.365 e. The van der Waals surface area contributed by atoms with Gasteiger partial charge in [0.05, 0.1) is 35.6 Å². The van der Waals surface area contributed by atoms with Crippen LogP contribution in [0.1, 0.15) is 41.8 Å². The molecule has 3 aromatic carbocycles. The topological polar surface area (TPSA) is 128 Å². The zero-order chi connectivity index (χ0) is 30.2. The molecular weight excluding hydrogens is 568 g/mol. The predicted molar refractivity (Wildman–Crippen MR) is 166 cm³/mol. The molecular formula is C32H36N4O6S. The number of sulfone groups is 1. The van der Waals surface area contributed by atoms with Gasteiger partial charge in [-0.15, -0.1) is 0 Å². The minimum absolute atomic E-state index is 0.0110. The number of piperidine rings is 1. The first-order chi connectivity index (χ1) is 20.8. The number of rotatable bonds is 11. The third-order valence-corrected chi connectivity index (χ3v) is 9.23. The van der Waals surface area contributed by atoms with Crippen LogP contribution in [0.25, 0.3) is 11.0 Å². The van der Waals surface area contributed by atoms with Crippen molar-refractivity contribution in [3.8, 4) is 5.75 Å². The zero-order valence-corrected chi connectivity index (χ0v) is 25.0. The molecule has 226 valence electrons. The molecule has 0 unspecified atom stereocenters. The average molecular weight is 605 g/mol. The maximum absolute atomic E-state index is 13.4. The van der Waals surface area contributed by atoms with Crippen molar-refractivity contribution >= 4 is 38.4 Å². The molecule has 43 heavy (non-hydrogen) atoms. The number of benzene rings is 3. The summed E-state index contributed by atoms with van der Waals surface area (Å²) in [7, 11) is -2.14. The second-order valence-corrected chi connectivity index (χ2v) is 12.5. The predicted octanol–water partition coefficient (Wildman–Crippen LogP) is 5.18. The summed E-state index contributed by atoms with van der Waals surface area (Å²) in [5, 5.41) is 4.80. The fourth-order valence-corrected chi connectivity index (χ4v) is 6.49. The highest BCUT2D eigenvalue weighted by atomic mass is 32.2. The third-order valence-electron chi connectivity index (χ3n) is 7.43. The van der Waals surface area contributed by atoms with Crippen LogP contribution in [0.5, 0.6) is 5.75 Å². The highest BCUT2D eigenvalue weighted by Gasteiger charge is 2.24. The van der Waals surface area contributed by atoms with E-state index >= 15 is 0 Å². The molecule has 1 fully saturated rings. The van der Waals surface area contributed by atoms with Crippen molar-refractivity contribution in [2.45, 2.75) is 37.1 Å². The molecule has 0 bridgehead atoms. The third kappa shape index (κ3) is 7.54. The summed E-state index contributed by atoms with van der Waals surface area (Å²) >= 11 is 0. The van der Waals surface area contributed by atoms with Crippen LogP contribution < -0.4 is 15.4 Å². The molecule has 10 nitrogen and oxygen atoms in total. The van der Waals surface area contributed by atoms with E-state index < -0.39 is 15.8 Å². The van der Waals surface area contributed by atoms with Crippen LogP contribution in [-0.4, -0.2) is 57.7 Å². The van der Waals surface area contributed by atoms with Gasteiger partial charge in [-0.3, -0.25) is 4.90 Å². The van der Waals surface area contributed by atoms with Gasteiger partial charge in [-0.1, -0.05) is 42.8 Å². The first-order valence-corrected chi connectivity index (χ1v) is 16.0. The Bertz CT molecular complexity index is 1650. The van der Waals surface area contributed by atoms with Gasteiger partial charge >= 0.3 is 5.97 Å².